The lowest BCUT2D eigenvalue weighted by Crippen LogP contribution is -2.41. The third kappa shape index (κ3) is 13.4. The molecule has 3 saturated heterocycles. The molecule has 3 aromatic rings. The van der Waals surface area contributed by atoms with Crippen LogP contribution in [0.25, 0.3) is 0 Å². The fraction of sp³-hybridized carbons (Fsp3) is 0.561. The van der Waals surface area contributed by atoms with Crippen LogP contribution in [0.5, 0.6) is 0 Å². The zero-order valence-electron chi connectivity index (χ0n) is 39.7. The molecule has 0 aromatic heterocycles. The second-order valence-electron chi connectivity index (χ2n) is 18.5. The fourth-order valence-electron chi connectivity index (χ4n) is 5.84. The molecule has 0 atom stereocenters. The maximum absolute atomic E-state index is 11.8. The number of sulfonamides is 2. The van der Waals surface area contributed by atoms with Gasteiger partial charge in [-0.3, -0.25) is 0 Å². The molecule has 64 heavy (non-hydrogen) atoms. The molecule has 356 valence electrons. The molecule has 3 aromatic carbocycles. The van der Waals surface area contributed by atoms with Gasteiger partial charge in [-0.05, 0) is 183 Å². The Morgan fingerprint density at radius 3 is 1.05 bits per heavy atom. The minimum atomic E-state index is -3.59. The lowest BCUT2D eigenvalue weighted by molar-refractivity contribution is 0.00578. The molecule has 2 N–H and O–H groups in total. The van der Waals surface area contributed by atoms with Gasteiger partial charge in [0.1, 0.15) is 0 Å². The highest BCUT2D eigenvalue weighted by atomic mass is 79.9. The Kier molecular flexibility index (Phi) is 18.1. The second-order valence-corrected chi connectivity index (χ2v) is 26.6. The predicted molar refractivity (Wildman–Crippen MR) is 262 cm³/mol. The average Bonchev–Trinajstić information content (AvgIpc) is 3.63. The molecule has 3 aliphatic heterocycles. The van der Waals surface area contributed by atoms with Gasteiger partial charge in [0, 0.05) is 19.6 Å². The maximum atomic E-state index is 11.8. The highest BCUT2D eigenvalue weighted by molar-refractivity contribution is 9.10. The molecule has 0 radical (unpaired) electrons. The molecule has 3 aliphatic rings. The number of halogens is 3. The van der Waals surface area contributed by atoms with Crippen molar-refractivity contribution < 1.29 is 53.2 Å². The molecule has 0 spiro atoms. The fourth-order valence-corrected chi connectivity index (χ4v) is 8.80. The summed E-state index contributed by atoms with van der Waals surface area (Å²) in [4.78, 5) is 0.656. The summed E-state index contributed by atoms with van der Waals surface area (Å²) in [6, 6.07) is 14.5. The molecule has 23 heteroatoms. The van der Waals surface area contributed by atoms with Crippen LogP contribution in [-0.4, -0.2) is 94.1 Å². The van der Waals surface area contributed by atoms with E-state index in [1.54, 1.807) is 49.4 Å². The first kappa shape index (κ1) is 57.0. The van der Waals surface area contributed by atoms with Crippen molar-refractivity contribution in [3.05, 3.63) is 80.2 Å². The highest BCUT2D eigenvalue weighted by Crippen LogP contribution is 2.43. The number of rotatable bonds is 7. The number of benzene rings is 3. The number of aryl methyl sites for hydroxylation is 3. The van der Waals surface area contributed by atoms with E-state index < -0.39 is 61.4 Å². The summed E-state index contributed by atoms with van der Waals surface area (Å²) in [6.07, 6.45) is 0. The first-order valence-corrected chi connectivity index (χ1v) is 27.1. The van der Waals surface area contributed by atoms with E-state index in [2.05, 4.69) is 41.3 Å². The van der Waals surface area contributed by atoms with Gasteiger partial charge >= 0.3 is 21.1 Å². The van der Waals surface area contributed by atoms with E-state index in [9.17, 15) is 25.3 Å². The van der Waals surface area contributed by atoms with Crippen LogP contribution in [0, 0.1) is 20.8 Å². The zero-order chi connectivity index (χ0) is 49.4. The molecular formula is C41H62B3Br2ClN2O12S3. The van der Waals surface area contributed by atoms with Crippen molar-refractivity contribution in [1.29, 1.82) is 0 Å². The first-order valence-electron chi connectivity index (χ1n) is 20.3. The quantitative estimate of drug-likeness (QED) is 0.173. The second kappa shape index (κ2) is 20.3. The van der Waals surface area contributed by atoms with Crippen molar-refractivity contribution in [1.82, 2.24) is 9.44 Å². The molecule has 0 saturated carbocycles. The van der Waals surface area contributed by atoms with Crippen LogP contribution in [0.2, 0.25) is 0 Å². The Labute approximate surface area is 404 Å². The molecule has 6 rings (SSSR count). The van der Waals surface area contributed by atoms with Crippen molar-refractivity contribution in [3.8, 4) is 0 Å². The van der Waals surface area contributed by atoms with Gasteiger partial charge in [-0.1, -0.05) is 43.5 Å². The van der Waals surface area contributed by atoms with Crippen LogP contribution in [0.15, 0.2) is 78.2 Å². The lowest BCUT2D eigenvalue weighted by atomic mass is 9.49. The van der Waals surface area contributed by atoms with Crippen molar-refractivity contribution >= 4 is 98.2 Å². The standard InChI is InChI=1S/C14H22BNO4S.C12H24B2O4.C8H10BrNO2S.C7H6BrClO2S/c1-10-9-11(21(17,18)16-6)7-8-12(10)15-19-13(2,3)14(4,5)20-15;1-9(2)10(3,4)16-13(15-9)14-17-11(5,6)12(7,8)18-14;1-6-5-7(3-4-8(6)9)13(11,12)10-2;1-5-4-6(12(9,10)11)2-3-7(5)8/h7-9,16H,1-6H3;1-8H3;3-5,10H,1-2H3;2-4H,1H3. The normalized spacial score (nSPS) is 20.3. The highest BCUT2D eigenvalue weighted by Gasteiger charge is 2.63. The molecule has 0 unspecified atom stereocenters. The Balaban J connectivity index is 0.000000233. The van der Waals surface area contributed by atoms with Crippen molar-refractivity contribution in [2.24, 2.45) is 0 Å². The van der Waals surface area contributed by atoms with Gasteiger partial charge in [0.25, 0.3) is 9.05 Å². The monoisotopic (exact) mass is 1100 g/mol. The number of hydrogen-bond donors (Lipinski definition) is 2. The van der Waals surface area contributed by atoms with E-state index in [-0.39, 0.29) is 37.1 Å². The van der Waals surface area contributed by atoms with Crippen LogP contribution in [-0.2, 0) is 57.0 Å². The smallest absolute Gasteiger partial charge is 0.405 e. The maximum Gasteiger partial charge on any atom is 0.495 e. The Hall–Kier alpha value is -1.37. The Bertz CT molecular complexity index is 2430. The molecule has 0 amide bonds. The summed E-state index contributed by atoms with van der Waals surface area (Å²) >= 11 is 6.56. The van der Waals surface area contributed by atoms with E-state index in [0.29, 0.717) is 0 Å². The Morgan fingerprint density at radius 1 is 0.469 bits per heavy atom. The van der Waals surface area contributed by atoms with Gasteiger partial charge in [-0.25, -0.2) is 34.7 Å². The van der Waals surface area contributed by atoms with E-state index in [1.165, 1.54) is 26.2 Å². The lowest BCUT2D eigenvalue weighted by Gasteiger charge is -2.32. The molecule has 14 nitrogen and oxygen atoms in total. The van der Waals surface area contributed by atoms with Crippen LogP contribution >= 0.6 is 42.5 Å². The summed E-state index contributed by atoms with van der Waals surface area (Å²) in [7, 11) is -3.84. The average molecular weight is 1100 g/mol. The van der Waals surface area contributed by atoms with Gasteiger partial charge in [0.05, 0.1) is 48.3 Å². The van der Waals surface area contributed by atoms with Crippen molar-refractivity contribution in [2.45, 2.75) is 152 Å². The largest absolute Gasteiger partial charge is 0.495 e. The van der Waals surface area contributed by atoms with Crippen LogP contribution in [0.3, 0.4) is 0 Å². The van der Waals surface area contributed by atoms with Gasteiger partial charge in [0.15, 0.2) is 0 Å². The van der Waals surface area contributed by atoms with Crippen LogP contribution in [0.1, 0.15) is 99.8 Å². The summed E-state index contributed by atoms with van der Waals surface area (Å²) in [6.45, 7) is 29.7. The summed E-state index contributed by atoms with van der Waals surface area (Å²) in [5, 5.41) is 0. The van der Waals surface area contributed by atoms with Gasteiger partial charge in [0.2, 0.25) is 20.0 Å². The summed E-state index contributed by atoms with van der Waals surface area (Å²) in [5.41, 5.74) is 1.15. The minimum Gasteiger partial charge on any atom is -0.405 e. The third-order valence-corrected chi connectivity index (χ3v) is 18.2. The van der Waals surface area contributed by atoms with Crippen LogP contribution < -0.4 is 14.9 Å². The van der Waals surface area contributed by atoms with E-state index in [1.807, 2.05) is 96.9 Å². The molecule has 0 bridgehead atoms. The molecule has 0 aliphatic carbocycles. The summed E-state index contributed by atoms with van der Waals surface area (Å²) in [5.74, 6) is 0. The van der Waals surface area contributed by atoms with Gasteiger partial charge < -0.3 is 27.9 Å². The first-order chi connectivity index (χ1) is 28.8. The van der Waals surface area contributed by atoms with Crippen molar-refractivity contribution in [2.75, 3.05) is 14.1 Å². The molecular weight excluding hydrogens is 1040 g/mol. The summed E-state index contributed by atoms with van der Waals surface area (Å²) < 4.78 is 110. The topological polar surface area (TPSA) is 182 Å². The van der Waals surface area contributed by atoms with Gasteiger partial charge in [-0.15, -0.1) is 0 Å². The van der Waals surface area contributed by atoms with Crippen molar-refractivity contribution in [3.63, 3.8) is 0 Å². The van der Waals surface area contributed by atoms with Crippen LogP contribution in [0.4, 0.5) is 0 Å². The van der Waals surface area contributed by atoms with E-state index in [0.717, 1.165) is 31.1 Å². The zero-order valence-corrected chi connectivity index (χ0v) is 46.1. The molecule has 3 fully saturated rings. The van der Waals surface area contributed by atoms with E-state index in [4.69, 9.17) is 38.6 Å². The number of hydrogen-bond acceptors (Lipinski definition) is 12. The molecule has 3 heterocycles. The third-order valence-electron chi connectivity index (χ3n) is 12.2. The predicted octanol–water partition coefficient (Wildman–Crippen LogP) is 7.80. The van der Waals surface area contributed by atoms with Gasteiger partial charge in [-0.2, -0.15) is 0 Å². The Morgan fingerprint density at radius 2 is 0.750 bits per heavy atom. The minimum absolute atomic E-state index is 0.130. The number of nitrogens with one attached hydrogen (secondary N) is 2. The SMILES string of the molecule is CC1(C)OB(B2OC(C)(C)C(C)(C)O2)OC1(C)C.CNS(=O)(=O)c1ccc(B2OC(C)(C)C(C)(C)O2)c(C)c1.CNS(=O)(=O)c1ccc(Br)c(C)c1.Cc1cc(S(=O)(=O)Cl)ccc1Br. The van der Waals surface area contributed by atoms with E-state index >= 15 is 0 Å².